The molecule has 2 aromatic carbocycles. The van der Waals surface area contributed by atoms with Gasteiger partial charge in [0.25, 0.3) is 5.91 Å². The van der Waals surface area contributed by atoms with E-state index in [9.17, 15) is 4.79 Å². The number of aryl methyl sites for hydroxylation is 2. The number of aromatic nitrogens is 2. The van der Waals surface area contributed by atoms with Crippen molar-refractivity contribution < 1.29 is 14.3 Å². The van der Waals surface area contributed by atoms with Crippen LogP contribution in [0.1, 0.15) is 26.6 Å². The van der Waals surface area contributed by atoms with Crippen molar-refractivity contribution in [2.75, 3.05) is 12.4 Å². The molecule has 0 saturated carbocycles. The largest absolute Gasteiger partial charge is 0.496 e. The number of carbonyl (C=O) groups is 1. The highest BCUT2D eigenvalue weighted by Gasteiger charge is 2.16. The van der Waals surface area contributed by atoms with E-state index in [0.29, 0.717) is 23.1 Å². The maximum atomic E-state index is 12.9. The van der Waals surface area contributed by atoms with E-state index in [-0.39, 0.29) is 5.91 Å². The Balaban J connectivity index is 1.50. The van der Waals surface area contributed by atoms with Gasteiger partial charge in [-0.25, -0.2) is 9.97 Å². The molecule has 0 unspecified atom stereocenters. The molecule has 0 saturated heterocycles. The van der Waals surface area contributed by atoms with Gasteiger partial charge in [-0.15, -0.1) is 22.7 Å². The van der Waals surface area contributed by atoms with Gasteiger partial charge in [0.2, 0.25) is 0 Å². The number of carbonyl (C=O) groups excluding carboxylic acids is 1. The molecule has 31 heavy (non-hydrogen) atoms. The number of hydrogen-bond donors (Lipinski definition) is 1. The maximum Gasteiger partial charge on any atom is 0.261 e. The summed E-state index contributed by atoms with van der Waals surface area (Å²) < 4.78 is 11.3. The van der Waals surface area contributed by atoms with Crippen LogP contribution in [0.4, 0.5) is 5.13 Å². The highest BCUT2D eigenvalue weighted by atomic mass is 32.1. The Morgan fingerprint density at radius 2 is 1.87 bits per heavy atom. The zero-order chi connectivity index (χ0) is 21.8. The van der Waals surface area contributed by atoms with E-state index >= 15 is 0 Å². The summed E-state index contributed by atoms with van der Waals surface area (Å²) in [5.41, 5.74) is 4.04. The summed E-state index contributed by atoms with van der Waals surface area (Å²) in [7, 11) is 1.63. The fourth-order valence-corrected chi connectivity index (χ4v) is 4.35. The second-order valence-electron chi connectivity index (χ2n) is 6.84. The lowest BCUT2D eigenvalue weighted by Gasteiger charge is -2.10. The Morgan fingerprint density at radius 1 is 1.03 bits per heavy atom. The first kappa shape index (κ1) is 21.0. The number of benzene rings is 2. The van der Waals surface area contributed by atoms with Crippen LogP contribution in [0.3, 0.4) is 0 Å². The lowest BCUT2D eigenvalue weighted by Crippen LogP contribution is -2.13. The van der Waals surface area contributed by atoms with E-state index in [1.54, 1.807) is 36.6 Å². The van der Waals surface area contributed by atoms with Crippen molar-refractivity contribution in [1.29, 1.82) is 0 Å². The summed E-state index contributed by atoms with van der Waals surface area (Å²) in [6.07, 6.45) is 0. The summed E-state index contributed by atoms with van der Waals surface area (Å²) in [5.74, 6) is 0.967. The van der Waals surface area contributed by atoms with Crippen molar-refractivity contribution in [2.24, 2.45) is 0 Å². The molecule has 0 bridgehead atoms. The van der Waals surface area contributed by atoms with Crippen molar-refractivity contribution in [2.45, 2.75) is 20.5 Å². The summed E-state index contributed by atoms with van der Waals surface area (Å²) in [5, 5.41) is 8.22. The van der Waals surface area contributed by atoms with Crippen molar-refractivity contribution in [3.63, 3.8) is 0 Å². The summed E-state index contributed by atoms with van der Waals surface area (Å²) in [6, 6.07) is 13.1. The van der Waals surface area contributed by atoms with E-state index in [1.807, 2.05) is 48.9 Å². The number of amides is 1. The smallest absolute Gasteiger partial charge is 0.261 e. The van der Waals surface area contributed by atoms with Crippen molar-refractivity contribution in [3.8, 4) is 22.8 Å². The fourth-order valence-electron chi connectivity index (χ4n) is 3.05. The first-order chi connectivity index (χ1) is 15.0. The van der Waals surface area contributed by atoms with Gasteiger partial charge >= 0.3 is 0 Å². The molecular weight excluding hydrogens is 430 g/mol. The lowest BCUT2D eigenvalue weighted by atomic mass is 10.1. The third-order valence-electron chi connectivity index (χ3n) is 4.53. The van der Waals surface area contributed by atoms with Crippen LogP contribution in [0, 0.1) is 13.8 Å². The van der Waals surface area contributed by atoms with Crippen LogP contribution < -0.4 is 14.8 Å². The predicted octanol–water partition coefficient (Wildman–Crippen LogP) is 5.72. The maximum absolute atomic E-state index is 12.9. The van der Waals surface area contributed by atoms with Crippen LogP contribution in [0.25, 0.3) is 11.3 Å². The van der Waals surface area contributed by atoms with Gasteiger partial charge in [-0.05, 0) is 38.1 Å². The van der Waals surface area contributed by atoms with Crippen LogP contribution in [-0.4, -0.2) is 23.0 Å². The minimum atomic E-state index is -0.276. The van der Waals surface area contributed by atoms with Gasteiger partial charge in [0, 0.05) is 16.3 Å². The van der Waals surface area contributed by atoms with Gasteiger partial charge in [0.1, 0.15) is 18.1 Å². The molecule has 1 amide bonds. The molecule has 8 heteroatoms. The third-order valence-corrected chi connectivity index (χ3v) is 6.11. The van der Waals surface area contributed by atoms with Crippen molar-refractivity contribution >= 4 is 33.7 Å². The van der Waals surface area contributed by atoms with Gasteiger partial charge in [-0.3, -0.25) is 10.1 Å². The number of thiazole rings is 2. The van der Waals surface area contributed by atoms with E-state index in [4.69, 9.17) is 9.47 Å². The van der Waals surface area contributed by atoms with E-state index in [2.05, 4.69) is 15.3 Å². The Kier molecular flexibility index (Phi) is 6.29. The summed E-state index contributed by atoms with van der Waals surface area (Å²) >= 11 is 2.93. The molecular formula is C23H21N3O3S2. The van der Waals surface area contributed by atoms with Crippen LogP contribution >= 0.6 is 22.7 Å². The quantitative estimate of drug-likeness (QED) is 0.389. The molecule has 2 aromatic heterocycles. The Hall–Kier alpha value is -3.23. The topological polar surface area (TPSA) is 73.3 Å². The fraction of sp³-hybridized carbons (Fsp3) is 0.174. The number of methoxy groups -OCH3 is 1. The highest BCUT2D eigenvalue weighted by molar-refractivity contribution is 7.14. The Bertz CT molecular complexity index is 1220. The van der Waals surface area contributed by atoms with Crippen LogP contribution in [-0.2, 0) is 6.61 Å². The second kappa shape index (κ2) is 9.28. The van der Waals surface area contributed by atoms with Crippen LogP contribution in [0.2, 0.25) is 0 Å². The average Bonchev–Trinajstić information content (AvgIpc) is 3.41. The Labute approximate surface area is 188 Å². The Morgan fingerprint density at radius 3 is 2.65 bits per heavy atom. The number of anilines is 1. The summed E-state index contributed by atoms with van der Waals surface area (Å²) in [4.78, 5) is 21.9. The minimum absolute atomic E-state index is 0.276. The molecule has 2 heterocycles. The predicted molar refractivity (Wildman–Crippen MR) is 124 cm³/mol. The average molecular weight is 452 g/mol. The normalized spacial score (nSPS) is 10.7. The molecule has 0 aliphatic rings. The highest BCUT2D eigenvalue weighted by Crippen LogP contribution is 2.33. The molecule has 4 rings (SSSR count). The SMILES string of the molecule is COc1ccc(C)cc1-c1csc(NC(=O)c2ccccc2OCc2csc(C)n2)n1. The molecule has 158 valence electrons. The number of nitrogens with one attached hydrogen (secondary N) is 1. The molecule has 4 aromatic rings. The standard InChI is InChI=1S/C23H21N3O3S2/c1-14-8-9-20(28-3)18(10-14)19-13-31-23(25-19)26-22(27)17-6-4-5-7-21(17)29-11-16-12-30-15(2)24-16/h4-10,12-13H,11H2,1-3H3,(H,25,26,27). The summed E-state index contributed by atoms with van der Waals surface area (Å²) in [6.45, 7) is 4.27. The molecule has 0 fully saturated rings. The number of para-hydroxylation sites is 1. The number of nitrogens with zero attached hydrogens (tertiary/aromatic N) is 2. The van der Waals surface area contributed by atoms with Crippen LogP contribution in [0.5, 0.6) is 11.5 Å². The molecule has 0 radical (unpaired) electrons. The van der Waals surface area contributed by atoms with Gasteiger partial charge in [0.05, 0.1) is 29.1 Å². The number of ether oxygens (including phenoxy) is 2. The van der Waals surface area contributed by atoms with Gasteiger partial charge in [0.15, 0.2) is 5.13 Å². The third kappa shape index (κ3) is 4.92. The molecule has 6 nitrogen and oxygen atoms in total. The zero-order valence-electron chi connectivity index (χ0n) is 17.3. The number of hydrogen-bond acceptors (Lipinski definition) is 7. The van der Waals surface area contributed by atoms with Gasteiger partial charge in [-0.2, -0.15) is 0 Å². The van der Waals surface area contributed by atoms with E-state index in [1.165, 1.54) is 11.3 Å². The van der Waals surface area contributed by atoms with Gasteiger partial charge < -0.3 is 9.47 Å². The van der Waals surface area contributed by atoms with Crippen molar-refractivity contribution in [3.05, 3.63) is 75.1 Å². The van der Waals surface area contributed by atoms with Crippen LogP contribution in [0.15, 0.2) is 53.2 Å². The monoisotopic (exact) mass is 451 g/mol. The molecule has 1 N–H and O–H groups in total. The number of rotatable bonds is 7. The minimum Gasteiger partial charge on any atom is -0.496 e. The van der Waals surface area contributed by atoms with Crippen molar-refractivity contribution in [1.82, 2.24) is 9.97 Å². The van der Waals surface area contributed by atoms with Gasteiger partial charge in [-0.1, -0.05) is 23.8 Å². The second-order valence-corrected chi connectivity index (χ2v) is 8.76. The molecule has 0 aliphatic heterocycles. The molecule has 0 spiro atoms. The molecule has 0 aliphatic carbocycles. The van der Waals surface area contributed by atoms with E-state index in [0.717, 1.165) is 33.3 Å². The lowest BCUT2D eigenvalue weighted by molar-refractivity contribution is 0.102. The molecule has 0 atom stereocenters. The van der Waals surface area contributed by atoms with E-state index < -0.39 is 0 Å². The first-order valence-electron chi connectivity index (χ1n) is 9.58. The first-order valence-corrected chi connectivity index (χ1v) is 11.3. The zero-order valence-corrected chi connectivity index (χ0v) is 19.0.